The van der Waals surface area contributed by atoms with E-state index in [0.29, 0.717) is 13.1 Å². The zero-order valence-electron chi connectivity index (χ0n) is 11.3. The van der Waals surface area contributed by atoms with Crippen LogP contribution < -0.4 is 10.6 Å². The number of nitrogens with one attached hydrogen (secondary N) is 2. The topological polar surface area (TPSA) is 59.0 Å². The highest BCUT2D eigenvalue weighted by atomic mass is 16.2. The molecule has 0 unspecified atom stereocenters. The van der Waals surface area contributed by atoms with E-state index in [9.17, 15) is 4.79 Å². The summed E-state index contributed by atoms with van der Waals surface area (Å²) >= 11 is 0. The molecule has 0 atom stereocenters. The third kappa shape index (κ3) is 4.89. The Kier molecular flexibility index (Phi) is 4.15. The summed E-state index contributed by atoms with van der Waals surface area (Å²) in [5.41, 5.74) is 1.91. The SMILES string of the molecule is Cc1cc(C)n(CCNC(=O)NC(C)(C)C)n1. The summed E-state index contributed by atoms with van der Waals surface area (Å²) < 4.78 is 1.90. The second kappa shape index (κ2) is 5.21. The van der Waals surface area contributed by atoms with Crippen LogP contribution >= 0.6 is 0 Å². The summed E-state index contributed by atoms with van der Waals surface area (Å²) in [6.07, 6.45) is 0. The normalized spacial score (nSPS) is 11.4. The number of carbonyl (C=O) groups is 1. The van der Waals surface area contributed by atoms with E-state index in [0.717, 1.165) is 11.4 Å². The number of aryl methyl sites for hydroxylation is 2. The standard InChI is InChI=1S/C12H22N4O/c1-9-8-10(2)16(15-9)7-6-13-11(17)14-12(3,4)5/h8H,6-7H2,1-5H3,(H2,13,14,17). The molecule has 1 rings (SSSR count). The Morgan fingerprint density at radius 2 is 2.06 bits per heavy atom. The van der Waals surface area contributed by atoms with Crippen LogP contribution in [0.3, 0.4) is 0 Å². The van der Waals surface area contributed by atoms with Crippen LogP contribution in [0.5, 0.6) is 0 Å². The van der Waals surface area contributed by atoms with Crippen LogP contribution in [0.1, 0.15) is 32.2 Å². The van der Waals surface area contributed by atoms with Crippen LogP contribution in [0.4, 0.5) is 4.79 Å². The molecule has 0 radical (unpaired) electrons. The molecule has 5 nitrogen and oxygen atoms in total. The number of amides is 2. The number of rotatable bonds is 3. The predicted molar refractivity (Wildman–Crippen MR) is 68.0 cm³/mol. The molecule has 1 aromatic heterocycles. The van der Waals surface area contributed by atoms with Crippen molar-refractivity contribution in [1.29, 1.82) is 0 Å². The second-order valence-corrected chi connectivity index (χ2v) is 5.28. The summed E-state index contributed by atoms with van der Waals surface area (Å²) in [4.78, 5) is 11.5. The Bertz CT molecular complexity index is 390. The molecule has 5 heteroatoms. The fourth-order valence-electron chi connectivity index (χ4n) is 1.56. The molecule has 0 fully saturated rings. The van der Waals surface area contributed by atoms with Gasteiger partial charge in [-0.1, -0.05) is 0 Å². The molecule has 0 aliphatic carbocycles. The summed E-state index contributed by atoms with van der Waals surface area (Å²) in [7, 11) is 0. The maximum Gasteiger partial charge on any atom is 0.315 e. The van der Waals surface area contributed by atoms with E-state index < -0.39 is 0 Å². The maximum absolute atomic E-state index is 11.5. The molecule has 0 aromatic carbocycles. The van der Waals surface area contributed by atoms with Crippen molar-refractivity contribution in [3.05, 3.63) is 17.5 Å². The lowest BCUT2D eigenvalue weighted by molar-refractivity contribution is 0.231. The monoisotopic (exact) mass is 238 g/mol. The van der Waals surface area contributed by atoms with Gasteiger partial charge in [0.15, 0.2) is 0 Å². The molecule has 0 aliphatic rings. The Morgan fingerprint density at radius 1 is 1.41 bits per heavy atom. The predicted octanol–water partition coefficient (Wildman–Crippen LogP) is 1.60. The van der Waals surface area contributed by atoms with E-state index in [4.69, 9.17) is 0 Å². The van der Waals surface area contributed by atoms with Gasteiger partial charge in [0.05, 0.1) is 12.2 Å². The zero-order chi connectivity index (χ0) is 13.1. The minimum atomic E-state index is -0.206. The minimum absolute atomic E-state index is 0.140. The van der Waals surface area contributed by atoms with E-state index in [1.807, 2.05) is 45.4 Å². The average Bonchev–Trinajstić information content (AvgIpc) is 2.42. The lowest BCUT2D eigenvalue weighted by Gasteiger charge is -2.20. The Labute approximate surface area is 103 Å². The van der Waals surface area contributed by atoms with Crippen LogP contribution in [0.2, 0.25) is 0 Å². The molecule has 1 heterocycles. The molecule has 0 aliphatic heterocycles. The van der Waals surface area contributed by atoms with E-state index in [-0.39, 0.29) is 11.6 Å². The Morgan fingerprint density at radius 3 is 2.53 bits per heavy atom. The molecule has 1 aromatic rings. The highest BCUT2D eigenvalue weighted by Gasteiger charge is 2.12. The van der Waals surface area contributed by atoms with E-state index in [1.54, 1.807) is 0 Å². The molecule has 0 spiro atoms. The van der Waals surface area contributed by atoms with E-state index in [2.05, 4.69) is 15.7 Å². The summed E-state index contributed by atoms with van der Waals surface area (Å²) in [5, 5.41) is 9.99. The van der Waals surface area contributed by atoms with Crippen molar-refractivity contribution in [2.75, 3.05) is 6.54 Å². The van der Waals surface area contributed by atoms with Gasteiger partial charge in [-0.2, -0.15) is 5.10 Å². The van der Waals surface area contributed by atoms with Crippen molar-refractivity contribution >= 4 is 6.03 Å². The van der Waals surface area contributed by atoms with Gasteiger partial charge in [0.25, 0.3) is 0 Å². The van der Waals surface area contributed by atoms with Crippen LogP contribution in [0.25, 0.3) is 0 Å². The van der Waals surface area contributed by atoms with Crippen molar-refractivity contribution in [1.82, 2.24) is 20.4 Å². The highest BCUT2D eigenvalue weighted by molar-refractivity contribution is 5.74. The molecule has 17 heavy (non-hydrogen) atoms. The van der Waals surface area contributed by atoms with Crippen LogP contribution in [0, 0.1) is 13.8 Å². The van der Waals surface area contributed by atoms with Gasteiger partial charge in [-0.05, 0) is 40.7 Å². The van der Waals surface area contributed by atoms with Crippen molar-refractivity contribution in [2.45, 2.75) is 46.7 Å². The fourth-order valence-corrected chi connectivity index (χ4v) is 1.56. The van der Waals surface area contributed by atoms with Crippen LogP contribution in [0.15, 0.2) is 6.07 Å². The molecule has 0 saturated heterocycles. The second-order valence-electron chi connectivity index (χ2n) is 5.28. The first kappa shape index (κ1) is 13.5. The number of hydrogen-bond donors (Lipinski definition) is 2. The highest BCUT2D eigenvalue weighted by Crippen LogP contribution is 2.01. The quantitative estimate of drug-likeness (QED) is 0.840. The van der Waals surface area contributed by atoms with Gasteiger partial charge in [-0.25, -0.2) is 4.79 Å². The van der Waals surface area contributed by atoms with Gasteiger partial charge in [0, 0.05) is 17.8 Å². The van der Waals surface area contributed by atoms with Gasteiger partial charge < -0.3 is 10.6 Å². The smallest absolute Gasteiger partial charge is 0.315 e. The van der Waals surface area contributed by atoms with Crippen molar-refractivity contribution < 1.29 is 4.79 Å². The third-order valence-corrected chi connectivity index (χ3v) is 2.20. The summed E-state index contributed by atoms with van der Waals surface area (Å²) in [6.45, 7) is 11.1. The minimum Gasteiger partial charge on any atom is -0.336 e. The van der Waals surface area contributed by atoms with E-state index in [1.165, 1.54) is 0 Å². The number of carbonyl (C=O) groups excluding carboxylic acids is 1. The first-order valence-electron chi connectivity index (χ1n) is 5.85. The largest absolute Gasteiger partial charge is 0.336 e. The van der Waals surface area contributed by atoms with Gasteiger partial charge in [0.2, 0.25) is 0 Å². The van der Waals surface area contributed by atoms with Gasteiger partial charge >= 0.3 is 6.03 Å². The van der Waals surface area contributed by atoms with Crippen molar-refractivity contribution in [3.63, 3.8) is 0 Å². The van der Waals surface area contributed by atoms with Crippen LogP contribution in [-0.4, -0.2) is 27.9 Å². The molecule has 0 bridgehead atoms. The molecule has 2 amide bonds. The molecular weight excluding hydrogens is 216 g/mol. The molecular formula is C12H22N4O. The maximum atomic E-state index is 11.5. The van der Waals surface area contributed by atoms with E-state index >= 15 is 0 Å². The average molecular weight is 238 g/mol. The number of hydrogen-bond acceptors (Lipinski definition) is 2. The first-order chi connectivity index (χ1) is 7.78. The van der Waals surface area contributed by atoms with Crippen molar-refractivity contribution in [2.24, 2.45) is 0 Å². The summed E-state index contributed by atoms with van der Waals surface area (Å²) in [6, 6.07) is 1.88. The molecule has 2 N–H and O–H groups in total. The van der Waals surface area contributed by atoms with Gasteiger partial charge in [0.1, 0.15) is 0 Å². The Hall–Kier alpha value is -1.52. The third-order valence-electron chi connectivity index (χ3n) is 2.20. The first-order valence-corrected chi connectivity index (χ1v) is 5.85. The lowest BCUT2D eigenvalue weighted by Crippen LogP contribution is -2.47. The van der Waals surface area contributed by atoms with Gasteiger partial charge in [-0.15, -0.1) is 0 Å². The Balaban J connectivity index is 2.33. The lowest BCUT2D eigenvalue weighted by atomic mass is 10.1. The number of urea groups is 1. The van der Waals surface area contributed by atoms with Crippen LogP contribution in [-0.2, 0) is 6.54 Å². The molecule has 0 saturated carbocycles. The fraction of sp³-hybridized carbons (Fsp3) is 0.667. The number of aromatic nitrogens is 2. The molecule has 96 valence electrons. The van der Waals surface area contributed by atoms with Crippen molar-refractivity contribution in [3.8, 4) is 0 Å². The summed E-state index contributed by atoms with van der Waals surface area (Å²) in [5.74, 6) is 0. The zero-order valence-corrected chi connectivity index (χ0v) is 11.3. The number of nitrogens with zero attached hydrogens (tertiary/aromatic N) is 2. The van der Waals surface area contributed by atoms with Gasteiger partial charge in [-0.3, -0.25) is 4.68 Å².